The van der Waals surface area contributed by atoms with Gasteiger partial charge in [-0.2, -0.15) is 0 Å². The number of nitrogens with zero attached hydrogens (tertiary/aromatic N) is 2. The molecule has 5 rings (SSSR count). The van der Waals surface area contributed by atoms with E-state index in [2.05, 4.69) is 119 Å². The summed E-state index contributed by atoms with van der Waals surface area (Å²) >= 11 is 0. The van der Waals surface area contributed by atoms with Crippen LogP contribution in [0.15, 0.2) is 128 Å². The fourth-order valence-electron chi connectivity index (χ4n) is 5.66. The van der Waals surface area contributed by atoms with E-state index >= 15 is 0 Å². The largest absolute Gasteiger partial charge is 0.388 e. The van der Waals surface area contributed by atoms with Crippen LogP contribution in [0.2, 0.25) is 0 Å². The molecular weight excluding hydrogens is 462 g/mol. The van der Waals surface area contributed by atoms with Gasteiger partial charge in [-0.05, 0) is 35.4 Å². The molecule has 0 radical (unpaired) electrons. The first-order chi connectivity index (χ1) is 18.6. The fourth-order valence-corrected chi connectivity index (χ4v) is 5.66. The lowest BCUT2D eigenvalue weighted by Gasteiger charge is -2.46. The Hall–Kier alpha value is -3.72. The molecule has 1 atom stereocenters. The third-order valence-corrected chi connectivity index (χ3v) is 7.96. The number of rotatable bonds is 12. The van der Waals surface area contributed by atoms with Gasteiger partial charge < -0.3 is 15.1 Å². The molecule has 1 saturated heterocycles. The number of hydrogen-bond donors (Lipinski definition) is 1. The maximum absolute atomic E-state index is 4.70. The molecule has 0 bridgehead atoms. The van der Waals surface area contributed by atoms with Crippen LogP contribution in [0.4, 0.5) is 0 Å². The Balaban J connectivity index is 1.35. The number of benzene rings is 3. The molecule has 1 unspecified atom stereocenters. The molecule has 1 aliphatic heterocycles. The molecule has 38 heavy (non-hydrogen) atoms. The van der Waals surface area contributed by atoms with Crippen LogP contribution in [0, 0.1) is 5.92 Å². The Labute approximate surface area is 229 Å². The van der Waals surface area contributed by atoms with Gasteiger partial charge in [-0.1, -0.05) is 111 Å². The molecule has 0 aromatic heterocycles. The van der Waals surface area contributed by atoms with Crippen molar-refractivity contribution >= 4 is 0 Å². The summed E-state index contributed by atoms with van der Waals surface area (Å²) in [7, 11) is 0. The van der Waals surface area contributed by atoms with Crippen LogP contribution < -0.4 is 5.32 Å². The second-order valence-corrected chi connectivity index (χ2v) is 10.9. The van der Waals surface area contributed by atoms with E-state index in [1.165, 1.54) is 35.2 Å². The first-order valence-electron chi connectivity index (χ1n) is 14.0. The summed E-state index contributed by atoms with van der Waals surface area (Å²) in [6, 6.07) is 32.6. The van der Waals surface area contributed by atoms with Gasteiger partial charge in [0, 0.05) is 62.0 Å². The Bertz CT molecular complexity index is 1170. The zero-order valence-electron chi connectivity index (χ0n) is 22.6. The SMILES string of the molecule is C=C(CC1CN(C(=C)C(c2ccccc2)c2ccccc2)CCN1C(=C)Cc1ccccc1)NCC1CC1. The third kappa shape index (κ3) is 6.58. The van der Waals surface area contributed by atoms with Crippen LogP contribution in [0.1, 0.15) is 41.9 Å². The molecule has 3 aromatic rings. The van der Waals surface area contributed by atoms with E-state index < -0.39 is 0 Å². The van der Waals surface area contributed by atoms with Gasteiger partial charge in [-0.25, -0.2) is 0 Å². The number of nitrogens with one attached hydrogen (secondary N) is 1. The van der Waals surface area contributed by atoms with Crippen molar-refractivity contribution < 1.29 is 0 Å². The number of hydrogen-bond acceptors (Lipinski definition) is 3. The van der Waals surface area contributed by atoms with E-state index in [1.807, 2.05) is 0 Å². The minimum Gasteiger partial charge on any atom is -0.388 e. The van der Waals surface area contributed by atoms with Crippen LogP contribution in [-0.4, -0.2) is 42.0 Å². The van der Waals surface area contributed by atoms with Crippen LogP contribution in [0.3, 0.4) is 0 Å². The third-order valence-electron chi connectivity index (χ3n) is 7.96. The number of piperazine rings is 1. The van der Waals surface area contributed by atoms with E-state index in [9.17, 15) is 0 Å². The van der Waals surface area contributed by atoms with Crippen molar-refractivity contribution in [1.29, 1.82) is 0 Å². The van der Waals surface area contributed by atoms with Crippen molar-refractivity contribution in [2.24, 2.45) is 5.92 Å². The van der Waals surface area contributed by atoms with Crippen molar-refractivity contribution in [3.8, 4) is 0 Å². The smallest absolute Gasteiger partial charge is 0.0516 e. The average Bonchev–Trinajstić information content (AvgIpc) is 3.78. The van der Waals surface area contributed by atoms with Crippen molar-refractivity contribution in [2.75, 3.05) is 26.2 Å². The molecule has 3 heteroatoms. The van der Waals surface area contributed by atoms with Gasteiger partial charge in [0.15, 0.2) is 0 Å². The van der Waals surface area contributed by atoms with Crippen molar-refractivity contribution in [3.63, 3.8) is 0 Å². The quantitative estimate of drug-likeness (QED) is 0.288. The van der Waals surface area contributed by atoms with Crippen molar-refractivity contribution in [2.45, 2.75) is 37.6 Å². The number of allylic oxidation sites excluding steroid dienone is 2. The first-order valence-corrected chi connectivity index (χ1v) is 14.0. The zero-order chi connectivity index (χ0) is 26.3. The summed E-state index contributed by atoms with van der Waals surface area (Å²) in [6.45, 7) is 17.5. The predicted molar refractivity (Wildman–Crippen MR) is 160 cm³/mol. The lowest BCUT2D eigenvalue weighted by atomic mass is 9.87. The molecule has 2 fully saturated rings. The standard InChI is InChI=1S/C35H41N3/c1-27(36-25-31-19-20-31)23-34-26-37(21-22-38(34)28(2)24-30-13-7-4-8-14-30)29(3)35(32-15-9-5-10-16-32)33-17-11-6-12-18-33/h4-18,31,34-36H,1-3,19-26H2. The molecular formula is C35H41N3. The van der Waals surface area contributed by atoms with Crippen LogP contribution in [0.25, 0.3) is 0 Å². The summed E-state index contributed by atoms with van der Waals surface area (Å²) in [5.41, 5.74) is 7.36. The molecule has 1 saturated carbocycles. The van der Waals surface area contributed by atoms with Gasteiger partial charge in [0.25, 0.3) is 0 Å². The van der Waals surface area contributed by atoms with Crippen LogP contribution >= 0.6 is 0 Å². The summed E-state index contributed by atoms with van der Waals surface area (Å²) in [5, 5.41) is 3.63. The highest BCUT2D eigenvalue weighted by Gasteiger charge is 2.32. The lowest BCUT2D eigenvalue weighted by molar-refractivity contribution is 0.119. The summed E-state index contributed by atoms with van der Waals surface area (Å²) in [5.74, 6) is 0.962. The molecule has 1 N–H and O–H groups in total. The molecule has 3 aromatic carbocycles. The van der Waals surface area contributed by atoms with Gasteiger partial charge in [0.1, 0.15) is 0 Å². The summed E-state index contributed by atoms with van der Waals surface area (Å²) in [4.78, 5) is 5.04. The highest BCUT2D eigenvalue weighted by atomic mass is 15.3. The maximum Gasteiger partial charge on any atom is 0.0516 e. The maximum atomic E-state index is 4.70. The summed E-state index contributed by atoms with van der Waals surface area (Å²) in [6.07, 6.45) is 4.47. The van der Waals surface area contributed by atoms with Crippen LogP contribution in [-0.2, 0) is 6.42 Å². The molecule has 0 spiro atoms. The Morgan fingerprint density at radius 2 is 1.37 bits per heavy atom. The highest BCUT2D eigenvalue weighted by Crippen LogP contribution is 2.35. The van der Waals surface area contributed by atoms with Crippen molar-refractivity contribution in [1.82, 2.24) is 15.1 Å². The molecule has 196 valence electrons. The monoisotopic (exact) mass is 503 g/mol. The Kier molecular flexibility index (Phi) is 8.33. The predicted octanol–water partition coefficient (Wildman–Crippen LogP) is 6.98. The second kappa shape index (κ2) is 12.2. The van der Waals surface area contributed by atoms with Gasteiger partial charge in [0.05, 0.1) is 6.04 Å². The first kappa shape index (κ1) is 25.9. The van der Waals surface area contributed by atoms with E-state index in [0.717, 1.165) is 56.3 Å². The van der Waals surface area contributed by atoms with E-state index in [-0.39, 0.29) is 5.92 Å². The molecule has 2 aliphatic rings. The normalized spacial score (nSPS) is 17.3. The fraction of sp³-hybridized carbons (Fsp3) is 0.314. The van der Waals surface area contributed by atoms with E-state index in [0.29, 0.717) is 6.04 Å². The van der Waals surface area contributed by atoms with Gasteiger partial charge in [-0.15, -0.1) is 0 Å². The van der Waals surface area contributed by atoms with Gasteiger partial charge >= 0.3 is 0 Å². The van der Waals surface area contributed by atoms with Crippen LogP contribution in [0.5, 0.6) is 0 Å². The topological polar surface area (TPSA) is 18.5 Å². The lowest BCUT2D eigenvalue weighted by Crippen LogP contribution is -2.53. The molecule has 1 aliphatic carbocycles. The average molecular weight is 504 g/mol. The highest BCUT2D eigenvalue weighted by molar-refractivity contribution is 5.40. The Morgan fingerprint density at radius 3 is 1.95 bits per heavy atom. The second-order valence-electron chi connectivity index (χ2n) is 10.9. The summed E-state index contributed by atoms with van der Waals surface area (Å²) < 4.78 is 0. The molecule has 1 heterocycles. The van der Waals surface area contributed by atoms with E-state index in [4.69, 9.17) is 6.58 Å². The molecule has 3 nitrogen and oxygen atoms in total. The van der Waals surface area contributed by atoms with Gasteiger partial charge in [-0.3, -0.25) is 0 Å². The minimum absolute atomic E-state index is 0.133. The van der Waals surface area contributed by atoms with Crippen molar-refractivity contribution in [3.05, 3.63) is 145 Å². The molecule has 0 amide bonds. The van der Waals surface area contributed by atoms with E-state index in [1.54, 1.807) is 0 Å². The van der Waals surface area contributed by atoms with Gasteiger partial charge in [0.2, 0.25) is 0 Å². The minimum atomic E-state index is 0.133. The zero-order valence-corrected chi connectivity index (χ0v) is 22.6. The Morgan fingerprint density at radius 1 is 0.789 bits per heavy atom.